The average Bonchev–Trinajstić information content (AvgIpc) is 2.73. The molecule has 0 unspecified atom stereocenters. The van der Waals surface area contributed by atoms with E-state index in [1.54, 1.807) is 30.3 Å². The van der Waals surface area contributed by atoms with Crippen LogP contribution in [0.25, 0.3) is 0 Å². The van der Waals surface area contributed by atoms with Gasteiger partial charge in [-0.15, -0.1) is 0 Å². The quantitative estimate of drug-likeness (QED) is 0.687. The Morgan fingerprint density at radius 1 is 1.03 bits per heavy atom. The number of nitrogens with zero attached hydrogens (tertiary/aromatic N) is 1. The number of pyridine rings is 1. The number of aromatic nitrogens is 1. The molecule has 2 aromatic rings. The lowest BCUT2D eigenvalue weighted by atomic mass is 9.90. The molecule has 2 atom stereocenters. The highest BCUT2D eigenvalue weighted by Crippen LogP contribution is 2.31. The van der Waals surface area contributed by atoms with Gasteiger partial charge in [0.05, 0.1) is 25.3 Å². The number of rotatable bonds is 6. The van der Waals surface area contributed by atoms with Crippen LogP contribution >= 0.6 is 0 Å². The Labute approximate surface area is 169 Å². The van der Waals surface area contributed by atoms with Crippen molar-refractivity contribution in [3.63, 3.8) is 0 Å². The molecule has 0 aliphatic heterocycles. The minimum atomic E-state index is -0.222. The van der Waals surface area contributed by atoms with Crippen molar-refractivity contribution >= 4 is 17.6 Å². The summed E-state index contributed by atoms with van der Waals surface area (Å²) in [5, 5.41) is 6.08. The predicted octanol–water partition coefficient (Wildman–Crippen LogP) is 2.15. The molecule has 0 bridgehead atoms. The van der Waals surface area contributed by atoms with Crippen molar-refractivity contribution in [2.45, 2.75) is 37.8 Å². The van der Waals surface area contributed by atoms with Crippen LogP contribution in [0, 0.1) is 0 Å². The van der Waals surface area contributed by atoms with Crippen LogP contribution in [0.1, 0.15) is 46.4 Å². The lowest BCUT2D eigenvalue weighted by Crippen LogP contribution is -2.45. The number of carbonyl (C=O) groups excluding carboxylic acids is 2. The molecule has 29 heavy (non-hydrogen) atoms. The van der Waals surface area contributed by atoms with Crippen molar-refractivity contribution in [3.8, 4) is 11.5 Å². The van der Waals surface area contributed by atoms with E-state index in [1.807, 2.05) is 0 Å². The van der Waals surface area contributed by atoms with E-state index in [9.17, 15) is 9.59 Å². The van der Waals surface area contributed by atoms with Crippen LogP contribution in [0.4, 0.5) is 5.82 Å². The molecule has 1 aromatic carbocycles. The first-order valence-corrected chi connectivity index (χ1v) is 9.56. The Hall–Kier alpha value is -3.29. The van der Waals surface area contributed by atoms with E-state index >= 15 is 0 Å². The third kappa shape index (κ3) is 4.96. The molecule has 1 heterocycles. The fraction of sp³-hybridized carbons (Fsp3) is 0.381. The number of nitrogen functional groups attached to an aromatic ring is 1. The molecular formula is C21H26N4O4. The normalized spacial score (nSPS) is 18.6. The number of benzene rings is 1. The van der Waals surface area contributed by atoms with Crippen molar-refractivity contribution in [1.29, 1.82) is 0 Å². The van der Waals surface area contributed by atoms with Gasteiger partial charge in [-0.1, -0.05) is 6.07 Å². The molecule has 8 nitrogen and oxygen atoms in total. The van der Waals surface area contributed by atoms with E-state index in [1.165, 1.54) is 20.4 Å². The summed E-state index contributed by atoms with van der Waals surface area (Å²) in [6.07, 6.45) is 4.75. The topological polar surface area (TPSA) is 116 Å². The van der Waals surface area contributed by atoms with Crippen molar-refractivity contribution < 1.29 is 19.1 Å². The summed E-state index contributed by atoms with van der Waals surface area (Å²) in [5.41, 5.74) is 6.45. The minimum Gasteiger partial charge on any atom is -0.493 e. The minimum absolute atomic E-state index is 0.0219. The number of anilines is 1. The third-order valence-electron chi connectivity index (χ3n) is 5.04. The third-order valence-corrected chi connectivity index (χ3v) is 5.04. The van der Waals surface area contributed by atoms with E-state index in [0.29, 0.717) is 34.9 Å². The maximum absolute atomic E-state index is 12.8. The molecular weight excluding hydrogens is 372 g/mol. The Bertz CT molecular complexity index is 869. The molecule has 0 radical (unpaired) electrons. The van der Waals surface area contributed by atoms with Crippen molar-refractivity contribution in [2.75, 3.05) is 20.0 Å². The number of nitrogens with one attached hydrogen (secondary N) is 2. The monoisotopic (exact) mass is 398 g/mol. The van der Waals surface area contributed by atoms with Crippen LogP contribution in [0.2, 0.25) is 0 Å². The molecule has 4 N–H and O–H groups in total. The van der Waals surface area contributed by atoms with Crippen LogP contribution in [0.3, 0.4) is 0 Å². The SMILES string of the molecule is COc1cccc(C(=O)N[C@@H]2CCC[C@@H](NC(=O)c3ccc(N)nc3)C2)c1OC. The van der Waals surface area contributed by atoms with E-state index in [-0.39, 0.29) is 23.9 Å². The average molecular weight is 398 g/mol. The van der Waals surface area contributed by atoms with Gasteiger partial charge in [-0.2, -0.15) is 0 Å². The zero-order valence-electron chi connectivity index (χ0n) is 16.6. The summed E-state index contributed by atoms with van der Waals surface area (Å²) in [5.74, 6) is 0.870. The van der Waals surface area contributed by atoms with Gasteiger partial charge in [0.15, 0.2) is 11.5 Å². The summed E-state index contributed by atoms with van der Waals surface area (Å²) in [4.78, 5) is 29.2. The molecule has 1 aliphatic rings. The lowest BCUT2D eigenvalue weighted by molar-refractivity contribution is 0.0901. The Kier molecular flexibility index (Phi) is 6.54. The molecule has 1 saturated carbocycles. The second kappa shape index (κ2) is 9.27. The summed E-state index contributed by atoms with van der Waals surface area (Å²) in [6.45, 7) is 0. The van der Waals surface area contributed by atoms with Gasteiger partial charge >= 0.3 is 0 Å². The van der Waals surface area contributed by atoms with Gasteiger partial charge in [0.2, 0.25) is 0 Å². The van der Waals surface area contributed by atoms with Crippen LogP contribution in [0.5, 0.6) is 11.5 Å². The fourth-order valence-corrected chi connectivity index (χ4v) is 3.59. The van der Waals surface area contributed by atoms with Gasteiger partial charge in [0, 0.05) is 18.3 Å². The van der Waals surface area contributed by atoms with E-state index in [0.717, 1.165) is 19.3 Å². The molecule has 2 amide bonds. The Morgan fingerprint density at radius 3 is 2.38 bits per heavy atom. The highest BCUT2D eigenvalue weighted by Gasteiger charge is 2.26. The molecule has 1 fully saturated rings. The number of hydrogen-bond donors (Lipinski definition) is 3. The molecule has 8 heteroatoms. The number of nitrogens with two attached hydrogens (primary N) is 1. The van der Waals surface area contributed by atoms with E-state index in [2.05, 4.69) is 15.6 Å². The van der Waals surface area contributed by atoms with Gasteiger partial charge in [0.25, 0.3) is 11.8 Å². The van der Waals surface area contributed by atoms with Crippen LogP contribution in [0.15, 0.2) is 36.5 Å². The maximum Gasteiger partial charge on any atom is 0.255 e. The van der Waals surface area contributed by atoms with Crippen LogP contribution in [-0.2, 0) is 0 Å². The van der Waals surface area contributed by atoms with Gasteiger partial charge in [-0.3, -0.25) is 9.59 Å². The number of amides is 2. The maximum atomic E-state index is 12.8. The summed E-state index contributed by atoms with van der Waals surface area (Å²) in [6, 6.07) is 8.38. The van der Waals surface area contributed by atoms with Crippen LogP contribution in [-0.4, -0.2) is 43.1 Å². The molecule has 0 spiro atoms. The van der Waals surface area contributed by atoms with Crippen molar-refractivity contribution in [3.05, 3.63) is 47.7 Å². The summed E-state index contributed by atoms with van der Waals surface area (Å²) >= 11 is 0. The predicted molar refractivity (Wildman–Crippen MR) is 109 cm³/mol. The van der Waals surface area contributed by atoms with Gasteiger partial charge < -0.3 is 25.8 Å². The standard InChI is InChI=1S/C21H26N4O4/c1-28-17-8-4-7-16(19(17)29-2)21(27)25-15-6-3-5-14(11-15)24-20(26)13-9-10-18(22)23-12-13/h4,7-10,12,14-15H,3,5-6,11H2,1-2H3,(H2,22,23)(H,24,26)(H,25,27)/t14-,15-/m1/s1. The molecule has 3 rings (SSSR count). The molecule has 1 aromatic heterocycles. The second-order valence-electron chi connectivity index (χ2n) is 7.02. The van der Waals surface area contributed by atoms with Gasteiger partial charge in [0.1, 0.15) is 5.82 Å². The fourth-order valence-electron chi connectivity index (χ4n) is 3.59. The van der Waals surface area contributed by atoms with Crippen LogP contribution < -0.4 is 25.8 Å². The van der Waals surface area contributed by atoms with Gasteiger partial charge in [-0.05, 0) is 49.9 Å². The zero-order valence-corrected chi connectivity index (χ0v) is 16.6. The van der Waals surface area contributed by atoms with E-state index in [4.69, 9.17) is 15.2 Å². The van der Waals surface area contributed by atoms with Crippen molar-refractivity contribution in [2.24, 2.45) is 0 Å². The van der Waals surface area contributed by atoms with Gasteiger partial charge in [-0.25, -0.2) is 4.98 Å². The smallest absolute Gasteiger partial charge is 0.255 e. The highest BCUT2D eigenvalue weighted by molar-refractivity contribution is 5.98. The lowest BCUT2D eigenvalue weighted by Gasteiger charge is -2.30. The second-order valence-corrected chi connectivity index (χ2v) is 7.02. The first-order chi connectivity index (χ1) is 14.0. The zero-order chi connectivity index (χ0) is 20.8. The van der Waals surface area contributed by atoms with Crippen molar-refractivity contribution in [1.82, 2.24) is 15.6 Å². The highest BCUT2D eigenvalue weighted by atomic mass is 16.5. The number of hydrogen-bond acceptors (Lipinski definition) is 6. The molecule has 1 aliphatic carbocycles. The molecule has 154 valence electrons. The number of ether oxygens (including phenoxy) is 2. The summed E-state index contributed by atoms with van der Waals surface area (Å²) < 4.78 is 10.6. The first kappa shape index (κ1) is 20.4. The Balaban J connectivity index is 1.62. The summed E-state index contributed by atoms with van der Waals surface area (Å²) in [7, 11) is 3.04. The van der Waals surface area contributed by atoms with E-state index < -0.39 is 0 Å². The Morgan fingerprint density at radius 2 is 1.76 bits per heavy atom. The largest absolute Gasteiger partial charge is 0.493 e. The number of methoxy groups -OCH3 is 2. The number of carbonyl (C=O) groups is 2. The number of para-hydroxylation sites is 1. The first-order valence-electron chi connectivity index (χ1n) is 9.56. The molecule has 0 saturated heterocycles.